The van der Waals surface area contributed by atoms with Crippen molar-refractivity contribution in [2.75, 3.05) is 0 Å². The molecular weight excluding hydrogens is 491 g/mol. The van der Waals surface area contributed by atoms with E-state index in [-0.39, 0.29) is 17.3 Å². The number of amides is 1. The Bertz CT molecular complexity index is 1070. The van der Waals surface area contributed by atoms with Gasteiger partial charge in [0.1, 0.15) is 17.7 Å². The van der Waals surface area contributed by atoms with Crippen LogP contribution in [0.25, 0.3) is 0 Å². The quantitative estimate of drug-likeness (QED) is 0.227. The molecule has 0 atom stereocenters. The van der Waals surface area contributed by atoms with E-state index in [0.29, 0.717) is 20.4 Å². The van der Waals surface area contributed by atoms with Crippen LogP contribution in [0.3, 0.4) is 0 Å². The molecule has 3 rings (SSSR count). The second-order valence-corrected chi connectivity index (χ2v) is 6.81. The fraction of sp³-hybridized carbons (Fsp3) is 0. The first kappa shape index (κ1) is 20.2. The summed E-state index contributed by atoms with van der Waals surface area (Å²) < 4.78 is 6.16. The molecular formula is C19H13IN4O5. The van der Waals surface area contributed by atoms with E-state index < -0.39 is 10.8 Å². The summed E-state index contributed by atoms with van der Waals surface area (Å²) in [5.74, 6) is 0.296. The lowest BCUT2D eigenvalue weighted by Crippen LogP contribution is -2.17. The molecule has 0 fully saturated rings. The molecule has 0 saturated carbocycles. The number of benzene rings is 2. The van der Waals surface area contributed by atoms with E-state index in [1.165, 1.54) is 24.4 Å². The van der Waals surface area contributed by atoms with Crippen LogP contribution in [-0.2, 0) is 0 Å². The van der Waals surface area contributed by atoms with Crippen molar-refractivity contribution >= 4 is 40.4 Å². The zero-order valence-electron chi connectivity index (χ0n) is 14.7. The van der Waals surface area contributed by atoms with Gasteiger partial charge in [-0.3, -0.25) is 14.9 Å². The molecule has 146 valence electrons. The Labute approximate surface area is 178 Å². The highest BCUT2D eigenvalue weighted by atomic mass is 127. The lowest BCUT2D eigenvalue weighted by atomic mass is 10.2. The Balaban J connectivity index is 1.57. The fourth-order valence-electron chi connectivity index (χ4n) is 2.17. The van der Waals surface area contributed by atoms with E-state index in [1.807, 2.05) is 22.6 Å². The molecule has 10 heteroatoms. The number of aromatic nitrogens is 1. The summed E-state index contributed by atoms with van der Waals surface area (Å²) in [6.45, 7) is 0. The Morgan fingerprint density at radius 2 is 1.97 bits per heavy atom. The van der Waals surface area contributed by atoms with Crippen molar-refractivity contribution < 1.29 is 19.6 Å². The summed E-state index contributed by atoms with van der Waals surface area (Å²) >= 11 is 1.96. The van der Waals surface area contributed by atoms with Crippen LogP contribution >= 0.6 is 22.6 Å². The van der Waals surface area contributed by atoms with Crippen LogP contribution in [0.4, 0.5) is 5.69 Å². The van der Waals surface area contributed by atoms with Crippen molar-refractivity contribution in [2.45, 2.75) is 0 Å². The van der Waals surface area contributed by atoms with Gasteiger partial charge >= 0.3 is 0 Å². The summed E-state index contributed by atoms with van der Waals surface area (Å²) in [6, 6.07) is 14.1. The fourth-order valence-corrected chi connectivity index (χ4v) is 2.50. The third-order valence-electron chi connectivity index (χ3n) is 3.62. The Morgan fingerprint density at radius 1 is 1.21 bits per heavy atom. The molecule has 2 N–H and O–H groups in total. The first-order chi connectivity index (χ1) is 13.9. The number of carbonyl (C=O) groups excluding carboxylic acids is 1. The van der Waals surface area contributed by atoms with Crippen LogP contribution in [0.2, 0.25) is 0 Å². The van der Waals surface area contributed by atoms with Crippen LogP contribution in [-0.4, -0.2) is 27.1 Å². The Morgan fingerprint density at radius 3 is 2.59 bits per heavy atom. The van der Waals surface area contributed by atoms with Gasteiger partial charge in [0.05, 0.1) is 14.7 Å². The second kappa shape index (κ2) is 9.10. The van der Waals surface area contributed by atoms with Gasteiger partial charge in [-0.2, -0.15) is 5.10 Å². The number of ether oxygens (including phenoxy) is 1. The summed E-state index contributed by atoms with van der Waals surface area (Å²) in [4.78, 5) is 26.0. The number of hydrogen-bond acceptors (Lipinski definition) is 7. The standard InChI is InChI=1S/C19H13IN4O5/c20-16-7-3-13(9-17(16)25)19(26)23-22-10-12-1-5-15(6-2-12)29-18-8-4-14(11-21-18)24(27)28/h1-11,25H,(H,23,26). The number of rotatable bonds is 6. The number of hydrogen-bond donors (Lipinski definition) is 2. The molecule has 0 aliphatic carbocycles. The van der Waals surface area contributed by atoms with Gasteiger partial charge in [0.2, 0.25) is 5.88 Å². The zero-order valence-corrected chi connectivity index (χ0v) is 16.8. The number of phenols is 1. The van der Waals surface area contributed by atoms with Crippen LogP contribution < -0.4 is 10.2 Å². The maximum absolute atomic E-state index is 12.0. The van der Waals surface area contributed by atoms with Crippen molar-refractivity contribution in [1.29, 1.82) is 0 Å². The van der Waals surface area contributed by atoms with Gasteiger partial charge in [-0.25, -0.2) is 10.4 Å². The molecule has 29 heavy (non-hydrogen) atoms. The number of nitrogens with one attached hydrogen (secondary N) is 1. The first-order valence-corrected chi connectivity index (χ1v) is 9.20. The van der Waals surface area contributed by atoms with Gasteiger partial charge in [0, 0.05) is 17.7 Å². The highest BCUT2D eigenvalue weighted by Crippen LogP contribution is 2.22. The first-order valence-electron chi connectivity index (χ1n) is 8.12. The van der Waals surface area contributed by atoms with Gasteiger partial charge < -0.3 is 9.84 Å². The minimum atomic E-state index is -0.537. The second-order valence-electron chi connectivity index (χ2n) is 5.65. The monoisotopic (exact) mass is 504 g/mol. The number of hydrazone groups is 1. The zero-order chi connectivity index (χ0) is 20.8. The molecule has 9 nitrogen and oxygen atoms in total. The smallest absolute Gasteiger partial charge is 0.287 e. The largest absolute Gasteiger partial charge is 0.507 e. The lowest BCUT2D eigenvalue weighted by molar-refractivity contribution is -0.385. The number of phenolic OH excluding ortho intramolecular Hbond substituents is 1. The lowest BCUT2D eigenvalue weighted by Gasteiger charge is -2.04. The molecule has 1 heterocycles. The van der Waals surface area contributed by atoms with E-state index in [0.717, 1.165) is 6.20 Å². The molecule has 2 aromatic carbocycles. The van der Waals surface area contributed by atoms with E-state index in [9.17, 15) is 20.0 Å². The SMILES string of the molecule is O=C(NN=Cc1ccc(Oc2ccc([N+](=O)[O-])cn2)cc1)c1ccc(I)c(O)c1. The van der Waals surface area contributed by atoms with Crippen molar-refractivity contribution in [1.82, 2.24) is 10.4 Å². The summed E-state index contributed by atoms with van der Waals surface area (Å²) in [6.07, 6.45) is 2.57. The Kier molecular flexibility index (Phi) is 6.34. The van der Waals surface area contributed by atoms with Crippen molar-refractivity contribution in [3.63, 3.8) is 0 Å². The van der Waals surface area contributed by atoms with Gasteiger partial charge in [-0.1, -0.05) is 0 Å². The molecule has 1 aromatic heterocycles. The number of carbonyl (C=O) groups is 1. The predicted octanol–water partition coefficient (Wildman–Crippen LogP) is 3.86. The normalized spacial score (nSPS) is 10.7. The van der Waals surface area contributed by atoms with Gasteiger partial charge in [-0.15, -0.1) is 0 Å². The minimum Gasteiger partial charge on any atom is -0.507 e. The number of aromatic hydroxyl groups is 1. The molecule has 0 spiro atoms. The highest BCUT2D eigenvalue weighted by Gasteiger charge is 2.08. The number of nitrogens with zero attached hydrogens (tertiary/aromatic N) is 3. The van der Waals surface area contributed by atoms with E-state index >= 15 is 0 Å². The van der Waals surface area contributed by atoms with Crippen molar-refractivity contribution in [3.8, 4) is 17.4 Å². The molecule has 0 unspecified atom stereocenters. The van der Waals surface area contributed by atoms with E-state index in [4.69, 9.17) is 4.74 Å². The van der Waals surface area contributed by atoms with Gasteiger partial charge in [-0.05, 0) is 70.6 Å². The van der Waals surface area contributed by atoms with E-state index in [1.54, 1.807) is 36.4 Å². The third kappa shape index (κ3) is 5.48. The average molecular weight is 504 g/mol. The molecule has 0 aliphatic rings. The van der Waals surface area contributed by atoms with Crippen LogP contribution in [0.5, 0.6) is 17.4 Å². The number of nitro groups is 1. The number of halogens is 1. The number of pyridine rings is 1. The summed E-state index contributed by atoms with van der Waals surface area (Å²) in [5.41, 5.74) is 3.26. The van der Waals surface area contributed by atoms with Crippen molar-refractivity contribution in [3.05, 3.63) is 85.6 Å². The summed E-state index contributed by atoms with van der Waals surface area (Å²) in [7, 11) is 0. The third-order valence-corrected chi connectivity index (χ3v) is 4.53. The molecule has 0 bridgehead atoms. The topological polar surface area (TPSA) is 127 Å². The van der Waals surface area contributed by atoms with Crippen LogP contribution in [0.1, 0.15) is 15.9 Å². The Hall–Kier alpha value is -3.54. The molecule has 3 aromatic rings. The van der Waals surface area contributed by atoms with Gasteiger partial charge in [0.15, 0.2) is 0 Å². The summed E-state index contributed by atoms with van der Waals surface area (Å²) in [5, 5.41) is 24.2. The van der Waals surface area contributed by atoms with Crippen LogP contribution in [0.15, 0.2) is 65.9 Å². The van der Waals surface area contributed by atoms with Crippen molar-refractivity contribution in [2.24, 2.45) is 5.10 Å². The maximum Gasteiger partial charge on any atom is 0.287 e. The molecule has 0 saturated heterocycles. The molecule has 0 aliphatic heterocycles. The highest BCUT2D eigenvalue weighted by molar-refractivity contribution is 14.1. The maximum atomic E-state index is 12.0. The van der Waals surface area contributed by atoms with Crippen LogP contribution in [0, 0.1) is 13.7 Å². The average Bonchev–Trinajstić information content (AvgIpc) is 2.71. The van der Waals surface area contributed by atoms with Gasteiger partial charge in [0.25, 0.3) is 11.6 Å². The minimum absolute atomic E-state index is 0.0281. The molecule has 0 radical (unpaired) electrons. The molecule has 1 amide bonds. The predicted molar refractivity (Wildman–Crippen MR) is 113 cm³/mol. The van der Waals surface area contributed by atoms with E-state index in [2.05, 4.69) is 15.5 Å².